The fourth-order valence-electron chi connectivity index (χ4n) is 1.90. The van der Waals surface area contributed by atoms with E-state index < -0.39 is 14.9 Å². The van der Waals surface area contributed by atoms with Crippen LogP contribution in [0.2, 0.25) is 0 Å². The van der Waals surface area contributed by atoms with Crippen LogP contribution in [0, 0.1) is 15.5 Å². The zero-order valence-electron chi connectivity index (χ0n) is 13.1. The van der Waals surface area contributed by atoms with Crippen molar-refractivity contribution in [2.24, 2.45) is 11.1 Å². The number of nitrogens with zero attached hydrogens (tertiary/aromatic N) is 2. The van der Waals surface area contributed by atoms with Crippen LogP contribution in [0.4, 0.5) is 5.69 Å². The first-order valence-electron chi connectivity index (χ1n) is 6.54. The number of hydrogen-bond acceptors (Lipinski definition) is 6. The van der Waals surface area contributed by atoms with Crippen molar-refractivity contribution >= 4 is 15.7 Å². The molecule has 1 rings (SSSR count). The summed E-state index contributed by atoms with van der Waals surface area (Å²) in [4.78, 5) is 10.2. The maximum absolute atomic E-state index is 12.5. The minimum atomic E-state index is -3.78. The molecule has 124 valence electrons. The van der Waals surface area contributed by atoms with Gasteiger partial charge >= 0.3 is 5.69 Å². The van der Waals surface area contributed by atoms with E-state index in [-0.39, 0.29) is 28.3 Å². The van der Waals surface area contributed by atoms with Crippen molar-refractivity contribution in [2.45, 2.75) is 18.7 Å². The van der Waals surface area contributed by atoms with E-state index in [0.29, 0.717) is 6.54 Å². The Bertz CT molecular complexity index is 658. The first-order valence-corrected chi connectivity index (χ1v) is 7.98. The summed E-state index contributed by atoms with van der Waals surface area (Å²) in [7, 11) is -1.09. The van der Waals surface area contributed by atoms with E-state index in [4.69, 9.17) is 10.5 Å². The van der Waals surface area contributed by atoms with Crippen LogP contribution in [0.25, 0.3) is 0 Å². The molecule has 22 heavy (non-hydrogen) atoms. The lowest BCUT2D eigenvalue weighted by molar-refractivity contribution is -0.385. The van der Waals surface area contributed by atoms with E-state index >= 15 is 0 Å². The van der Waals surface area contributed by atoms with E-state index in [1.54, 1.807) is 0 Å². The van der Waals surface area contributed by atoms with Gasteiger partial charge in [-0.2, -0.15) is 0 Å². The lowest BCUT2D eigenvalue weighted by Crippen LogP contribution is -2.39. The molecule has 0 spiro atoms. The summed E-state index contributed by atoms with van der Waals surface area (Å²) in [6.45, 7) is 4.27. The molecule has 1 aromatic rings. The zero-order valence-corrected chi connectivity index (χ0v) is 13.9. The van der Waals surface area contributed by atoms with Crippen LogP contribution in [0.1, 0.15) is 13.8 Å². The number of methoxy groups -OCH3 is 1. The third kappa shape index (κ3) is 3.93. The Kier molecular flexibility index (Phi) is 5.49. The summed E-state index contributed by atoms with van der Waals surface area (Å²) in [6, 6.07) is 3.47. The topological polar surface area (TPSA) is 116 Å². The van der Waals surface area contributed by atoms with Crippen molar-refractivity contribution in [1.82, 2.24) is 4.31 Å². The lowest BCUT2D eigenvalue weighted by atomic mass is 9.94. The van der Waals surface area contributed by atoms with Gasteiger partial charge in [-0.25, -0.2) is 12.7 Å². The molecule has 2 N–H and O–H groups in total. The number of nitro benzene ring substituents is 1. The highest BCUT2D eigenvalue weighted by atomic mass is 32.2. The van der Waals surface area contributed by atoms with Crippen LogP contribution < -0.4 is 10.5 Å². The van der Waals surface area contributed by atoms with E-state index in [1.165, 1.54) is 24.5 Å². The molecule has 8 nitrogen and oxygen atoms in total. The highest BCUT2D eigenvalue weighted by molar-refractivity contribution is 7.89. The summed E-state index contributed by atoms with van der Waals surface area (Å²) in [5.74, 6) is -0.0995. The van der Waals surface area contributed by atoms with Crippen LogP contribution in [-0.4, -0.2) is 44.9 Å². The van der Waals surface area contributed by atoms with Gasteiger partial charge in [-0.05, 0) is 18.0 Å². The van der Waals surface area contributed by atoms with E-state index in [1.807, 2.05) is 13.8 Å². The van der Waals surface area contributed by atoms with Crippen molar-refractivity contribution in [1.29, 1.82) is 0 Å². The molecular formula is C13H21N3O5S. The molecule has 0 amide bonds. The second kappa shape index (κ2) is 6.59. The molecule has 0 aliphatic carbocycles. The number of rotatable bonds is 7. The van der Waals surface area contributed by atoms with Crippen molar-refractivity contribution in [3.63, 3.8) is 0 Å². The third-order valence-corrected chi connectivity index (χ3v) is 5.06. The normalized spacial score (nSPS) is 12.5. The largest absolute Gasteiger partial charge is 0.490 e. The summed E-state index contributed by atoms with van der Waals surface area (Å²) in [6.07, 6.45) is 0. The number of ether oxygens (including phenoxy) is 1. The second-order valence-corrected chi connectivity index (χ2v) is 7.77. The van der Waals surface area contributed by atoms with Gasteiger partial charge in [-0.3, -0.25) is 10.1 Å². The molecule has 0 heterocycles. The van der Waals surface area contributed by atoms with Gasteiger partial charge in [0, 0.05) is 25.7 Å². The van der Waals surface area contributed by atoms with Crippen molar-refractivity contribution in [3.05, 3.63) is 28.3 Å². The first kappa shape index (κ1) is 18.3. The Hall–Kier alpha value is -1.71. The number of hydrogen-bond donors (Lipinski definition) is 1. The molecule has 0 saturated heterocycles. The van der Waals surface area contributed by atoms with E-state index in [0.717, 1.165) is 12.1 Å². The van der Waals surface area contributed by atoms with Gasteiger partial charge in [0.25, 0.3) is 0 Å². The summed E-state index contributed by atoms with van der Waals surface area (Å²) < 4.78 is 31.2. The molecule has 0 bridgehead atoms. The van der Waals surface area contributed by atoms with E-state index in [9.17, 15) is 18.5 Å². The van der Waals surface area contributed by atoms with Crippen LogP contribution >= 0.6 is 0 Å². The van der Waals surface area contributed by atoms with Crippen molar-refractivity contribution in [3.8, 4) is 5.75 Å². The molecule has 0 aliphatic rings. The van der Waals surface area contributed by atoms with Gasteiger partial charge in [0.2, 0.25) is 10.0 Å². The van der Waals surface area contributed by atoms with Gasteiger partial charge in [-0.15, -0.1) is 0 Å². The zero-order chi connectivity index (χ0) is 17.1. The molecule has 0 radical (unpaired) electrons. The minimum absolute atomic E-state index is 0.0646. The van der Waals surface area contributed by atoms with E-state index in [2.05, 4.69) is 0 Å². The van der Waals surface area contributed by atoms with Gasteiger partial charge < -0.3 is 10.5 Å². The fraction of sp³-hybridized carbons (Fsp3) is 0.538. The summed E-state index contributed by atoms with van der Waals surface area (Å²) in [5.41, 5.74) is 4.95. The molecule has 1 aromatic carbocycles. The Balaban J connectivity index is 3.21. The average molecular weight is 331 g/mol. The molecule has 0 aliphatic heterocycles. The second-order valence-electron chi connectivity index (χ2n) is 5.72. The SMILES string of the molecule is COc1cc(S(=O)(=O)N(C)CC(C)(C)CN)ccc1[N+](=O)[O-]. The van der Waals surface area contributed by atoms with Gasteiger partial charge in [-0.1, -0.05) is 13.8 Å². The predicted octanol–water partition coefficient (Wildman–Crippen LogP) is 1.21. The Labute approximate surface area is 130 Å². The van der Waals surface area contributed by atoms with Crippen LogP contribution in [0.3, 0.4) is 0 Å². The highest BCUT2D eigenvalue weighted by Gasteiger charge is 2.29. The molecular weight excluding hydrogens is 310 g/mol. The quantitative estimate of drug-likeness (QED) is 0.593. The number of nitrogens with two attached hydrogens (primary N) is 1. The smallest absolute Gasteiger partial charge is 0.310 e. The average Bonchev–Trinajstić information content (AvgIpc) is 2.45. The Morgan fingerprint density at radius 1 is 1.41 bits per heavy atom. The summed E-state index contributed by atoms with van der Waals surface area (Å²) in [5, 5.41) is 10.9. The predicted molar refractivity (Wildman–Crippen MR) is 82.3 cm³/mol. The van der Waals surface area contributed by atoms with Crippen molar-refractivity contribution in [2.75, 3.05) is 27.2 Å². The molecule has 9 heteroatoms. The fourth-order valence-corrected chi connectivity index (χ4v) is 3.28. The van der Waals surface area contributed by atoms with Gasteiger partial charge in [0.05, 0.1) is 16.9 Å². The molecule has 0 fully saturated rings. The van der Waals surface area contributed by atoms with Gasteiger partial charge in [0.1, 0.15) is 0 Å². The number of benzene rings is 1. The minimum Gasteiger partial charge on any atom is -0.490 e. The third-order valence-electron chi connectivity index (χ3n) is 3.26. The van der Waals surface area contributed by atoms with Crippen LogP contribution in [-0.2, 0) is 10.0 Å². The summed E-state index contributed by atoms with van der Waals surface area (Å²) >= 11 is 0. The van der Waals surface area contributed by atoms with Crippen molar-refractivity contribution < 1.29 is 18.1 Å². The molecule has 0 atom stereocenters. The number of nitro groups is 1. The lowest BCUT2D eigenvalue weighted by Gasteiger charge is -2.28. The maximum Gasteiger partial charge on any atom is 0.310 e. The standard InChI is InChI=1S/C13H21N3O5S/c1-13(2,8-14)9-15(3)22(19,20)10-5-6-11(16(17)18)12(7-10)21-4/h5-7H,8-9,14H2,1-4H3. The van der Waals surface area contributed by atoms with Crippen LogP contribution in [0.5, 0.6) is 5.75 Å². The monoisotopic (exact) mass is 331 g/mol. The Morgan fingerprint density at radius 3 is 2.45 bits per heavy atom. The first-order chi connectivity index (χ1) is 10.0. The molecule has 0 unspecified atom stereocenters. The van der Waals surface area contributed by atoms with Crippen LogP contribution in [0.15, 0.2) is 23.1 Å². The molecule has 0 saturated carbocycles. The number of sulfonamides is 1. The Morgan fingerprint density at radius 2 is 2.00 bits per heavy atom. The maximum atomic E-state index is 12.5. The highest BCUT2D eigenvalue weighted by Crippen LogP contribution is 2.30. The molecule has 0 aromatic heterocycles. The van der Waals surface area contributed by atoms with Gasteiger partial charge in [0.15, 0.2) is 5.75 Å².